The Hall–Kier alpha value is -0.970. The van der Waals surface area contributed by atoms with Gasteiger partial charge >= 0.3 is 0 Å². The quantitative estimate of drug-likeness (QED) is 0.900. The van der Waals surface area contributed by atoms with Crippen molar-refractivity contribution in [2.24, 2.45) is 0 Å². The molecule has 0 spiro atoms. The van der Waals surface area contributed by atoms with Crippen molar-refractivity contribution in [3.05, 3.63) is 35.1 Å². The lowest BCUT2D eigenvalue weighted by Gasteiger charge is -2.21. The van der Waals surface area contributed by atoms with Crippen molar-refractivity contribution in [2.75, 3.05) is 33.2 Å². The summed E-state index contributed by atoms with van der Waals surface area (Å²) in [5.41, 5.74) is 1.98. The van der Waals surface area contributed by atoms with Gasteiger partial charge in [-0.2, -0.15) is 0 Å². The van der Waals surface area contributed by atoms with Crippen LogP contribution in [-0.4, -0.2) is 49.1 Å². The number of nitrogens with zero attached hydrogens (tertiary/aromatic N) is 2. The molecule has 0 amide bonds. The van der Waals surface area contributed by atoms with E-state index in [4.69, 9.17) is 0 Å². The van der Waals surface area contributed by atoms with E-state index in [1.807, 2.05) is 12.1 Å². The van der Waals surface area contributed by atoms with Crippen LogP contribution >= 0.6 is 0 Å². The average Bonchev–Trinajstić information content (AvgIpc) is 2.64. The van der Waals surface area contributed by atoms with E-state index >= 15 is 0 Å². The zero-order chi connectivity index (χ0) is 15.2. The fourth-order valence-electron chi connectivity index (χ4n) is 2.68. The Labute approximate surface area is 128 Å². The molecule has 1 aromatic carbocycles. The predicted octanol–water partition coefficient (Wildman–Crippen LogP) is 2.46. The molecule has 3 nitrogen and oxygen atoms in total. The Bertz CT molecular complexity index is 448. The maximum absolute atomic E-state index is 14.0. The van der Waals surface area contributed by atoms with Crippen molar-refractivity contribution < 1.29 is 4.39 Å². The molecule has 0 bridgehead atoms. The first-order valence-corrected chi connectivity index (χ1v) is 7.96. The lowest BCUT2D eigenvalue weighted by Crippen LogP contribution is -2.29. The summed E-state index contributed by atoms with van der Waals surface area (Å²) in [6.45, 7) is 10.0. The highest BCUT2D eigenvalue weighted by Crippen LogP contribution is 2.15. The van der Waals surface area contributed by atoms with Crippen LogP contribution in [0.4, 0.5) is 4.39 Å². The SMILES string of the molecule is CC(C)NCc1ccc(F)c(CN2CCCN(C)CC2)c1. The molecule has 118 valence electrons. The zero-order valence-electron chi connectivity index (χ0n) is 13.5. The normalized spacial score (nSPS) is 18.1. The second kappa shape index (κ2) is 7.87. The molecule has 0 aliphatic carbocycles. The summed E-state index contributed by atoms with van der Waals surface area (Å²) in [6.07, 6.45) is 1.16. The fourth-order valence-corrected chi connectivity index (χ4v) is 2.68. The third-order valence-corrected chi connectivity index (χ3v) is 4.03. The number of rotatable bonds is 5. The second-order valence-electron chi connectivity index (χ2n) is 6.39. The van der Waals surface area contributed by atoms with Gasteiger partial charge in [0.05, 0.1) is 0 Å². The molecule has 1 heterocycles. The summed E-state index contributed by atoms with van der Waals surface area (Å²) in [7, 11) is 2.16. The lowest BCUT2D eigenvalue weighted by atomic mass is 10.1. The van der Waals surface area contributed by atoms with Gasteiger partial charge in [-0.3, -0.25) is 4.90 Å². The predicted molar refractivity (Wildman–Crippen MR) is 85.8 cm³/mol. The van der Waals surface area contributed by atoms with Gasteiger partial charge in [-0.25, -0.2) is 4.39 Å². The van der Waals surface area contributed by atoms with E-state index in [0.29, 0.717) is 6.04 Å². The maximum Gasteiger partial charge on any atom is 0.127 e. The van der Waals surface area contributed by atoms with Crippen LogP contribution in [-0.2, 0) is 13.1 Å². The van der Waals surface area contributed by atoms with E-state index in [2.05, 4.69) is 36.0 Å². The van der Waals surface area contributed by atoms with Crippen LogP contribution in [0.1, 0.15) is 31.4 Å². The first kappa shape index (κ1) is 16.4. The van der Waals surface area contributed by atoms with Crippen molar-refractivity contribution in [2.45, 2.75) is 39.4 Å². The number of likely N-dealkylation sites (N-methyl/N-ethyl adjacent to an activating group) is 1. The van der Waals surface area contributed by atoms with Crippen molar-refractivity contribution >= 4 is 0 Å². The zero-order valence-corrected chi connectivity index (χ0v) is 13.5. The maximum atomic E-state index is 14.0. The number of halogens is 1. The number of hydrogen-bond donors (Lipinski definition) is 1. The first-order valence-electron chi connectivity index (χ1n) is 7.96. The van der Waals surface area contributed by atoms with Crippen molar-refractivity contribution in [3.63, 3.8) is 0 Å². The van der Waals surface area contributed by atoms with Crippen LogP contribution in [0.5, 0.6) is 0 Å². The summed E-state index contributed by atoms with van der Waals surface area (Å²) in [5, 5.41) is 3.39. The standard InChI is InChI=1S/C17H28FN3/c1-14(2)19-12-15-5-6-17(18)16(11-15)13-21-8-4-7-20(3)9-10-21/h5-6,11,14,19H,4,7-10,12-13H2,1-3H3. The Kier molecular flexibility index (Phi) is 6.15. The number of benzene rings is 1. The molecular formula is C17H28FN3. The van der Waals surface area contributed by atoms with E-state index in [-0.39, 0.29) is 5.82 Å². The van der Waals surface area contributed by atoms with E-state index in [1.165, 1.54) is 0 Å². The molecule has 0 radical (unpaired) electrons. The van der Waals surface area contributed by atoms with Crippen LogP contribution in [0, 0.1) is 5.82 Å². The molecule has 2 rings (SSSR count). The largest absolute Gasteiger partial charge is 0.310 e. The van der Waals surface area contributed by atoms with Crippen LogP contribution < -0.4 is 5.32 Å². The molecule has 1 aliphatic heterocycles. The molecule has 0 aromatic heterocycles. The van der Waals surface area contributed by atoms with E-state index < -0.39 is 0 Å². The van der Waals surface area contributed by atoms with E-state index in [1.54, 1.807) is 6.07 Å². The van der Waals surface area contributed by atoms with Gasteiger partial charge in [-0.05, 0) is 38.2 Å². The Morgan fingerprint density at radius 2 is 2.00 bits per heavy atom. The minimum absolute atomic E-state index is 0.0825. The summed E-state index contributed by atoms with van der Waals surface area (Å²) in [4.78, 5) is 4.71. The molecule has 1 aromatic rings. The Morgan fingerprint density at radius 1 is 1.19 bits per heavy atom. The Balaban J connectivity index is 1.99. The molecule has 1 aliphatic rings. The van der Waals surface area contributed by atoms with Crippen molar-refractivity contribution in [1.82, 2.24) is 15.1 Å². The number of hydrogen-bond acceptors (Lipinski definition) is 3. The highest BCUT2D eigenvalue weighted by molar-refractivity contribution is 5.25. The Morgan fingerprint density at radius 3 is 2.76 bits per heavy atom. The van der Waals surface area contributed by atoms with Crippen LogP contribution in [0.15, 0.2) is 18.2 Å². The molecule has 0 atom stereocenters. The molecular weight excluding hydrogens is 265 g/mol. The highest BCUT2D eigenvalue weighted by atomic mass is 19.1. The molecule has 0 unspecified atom stereocenters. The molecule has 1 N–H and O–H groups in total. The third kappa shape index (κ3) is 5.38. The topological polar surface area (TPSA) is 18.5 Å². The molecule has 0 saturated carbocycles. The average molecular weight is 293 g/mol. The molecule has 1 saturated heterocycles. The van der Waals surface area contributed by atoms with Gasteiger partial charge in [0, 0.05) is 37.8 Å². The smallest absolute Gasteiger partial charge is 0.127 e. The van der Waals surface area contributed by atoms with Crippen molar-refractivity contribution in [3.8, 4) is 0 Å². The first-order chi connectivity index (χ1) is 10.0. The summed E-state index contributed by atoms with van der Waals surface area (Å²) in [5.74, 6) is -0.0825. The second-order valence-corrected chi connectivity index (χ2v) is 6.39. The molecule has 21 heavy (non-hydrogen) atoms. The number of nitrogens with one attached hydrogen (secondary N) is 1. The van der Waals surface area contributed by atoms with Crippen LogP contribution in [0.25, 0.3) is 0 Å². The van der Waals surface area contributed by atoms with Gasteiger partial charge in [-0.15, -0.1) is 0 Å². The molecule has 4 heteroatoms. The van der Waals surface area contributed by atoms with Crippen molar-refractivity contribution in [1.29, 1.82) is 0 Å². The minimum atomic E-state index is -0.0825. The third-order valence-electron chi connectivity index (χ3n) is 4.03. The van der Waals surface area contributed by atoms with E-state index in [0.717, 1.165) is 56.8 Å². The summed E-state index contributed by atoms with van der Waals surface area (Å²) >= 11 is 0. The van der Waals surface area contributed by atoms with Gasteiger partial charge in [-0.1, -0.05) is 26.0 Å². The van der Waals surface area contributed by atoms with Crippen LogP contribution in [0.3, 0.4) is 0 Å². The van der Waals surface area contributed by atoms with Gasteiger partial charge in [0.1, 0.15) is 5.82 Å². The van der Waals surface area contributed by atoms with E-state index in [9.17, 15) is 4.39 Å². The minimum Gasteiger partial charge on any atom is -0.310 e. The van der Waals surface area contributed by atoms with Crippen LogP contribution in [0.2, 0.25) is 0 Å². The van der Waals surface area contributed by atoms with Gasteiger partial charge in [0.2, 0.25) is 0 Å². The fraction of sp³-hybridized carbons (Fsp3) is 0.647. The van der Waals surface area contributed by atoms with Gasteiger partial charge in [0.15, 0.2) is 0 Å². The summed E-state index contributed by atoms with van der Waals surface area (Å²) < 4.78 is 14.0. The monoisotopic (exact) mass is 293 g/mol. The molecule has 1 fully saturated rings. The highest BCUT2D eigenvalue weighted by Gasteiger charge is 2.14. The summed E-state index contributed by atoms with van der Waals surface area (Å²) in [6, 6.07) is 5.94. The lowest BCUT2D eigenvalue weighted by molar-refractivity contribution is 0.266. The van der Waals surface area contributed by atoms with Gasteiger partial charge < -0.3 is 10.2 Å². The van der Waals surface area contributed by atoms with Gasteiger partial charge in [0.25, 0.3) is 0 Å².